The van der Waals surface area contributed by atoms with Crippen LogP contribution < -0.4 is 10.1 Å². The lowest BCUT2D eigenvalue weighted by molar-refractivity contribution is -0.122. The minimum absolute atomic E-state index is 0.00532. The molecule has 1 N–H and O–H groups in total. The number of hydrogen-bond donors (Lipinski definition) is 1. The zero-order valence-corrected chi connectivity index (χ0v) is 14.4. The van der Waals surface area contributed by atoms with Gasteiger partial charge in [0.25, 0.3) is 5.89 Å². The van der Waals surface area contributed by atoms with Crippen LogP contribution in [-0.2, 0) is 17.8 Å². The van der Waals surface area contributed by atoms with Crippen molar-refractivity contribution in [1.82, 2.24) is 15.5 Å². The van der Waals surface area contributed by atoms with Gasteiger partial charge in [-0.1, -0.05) is 29.4 Å². The van der Waals surface area contributed by atoms with Gasteiger partial charge in [-0.3, -0.25) is 4.79 Å². The van der Waals surface area contributed by atoms with Crippen molar-refractivity contribution in [2.45, 2.75) is 25.3 Å². The SMILES string of the molecule is COc1ccc(-c2nc(CNC(=O)[C@H]3CCc4ccccc43)no2)cc1. The van der Waals surface area contributed by atoms with E-state index in [-0.39, 0.29) is 18.4 Å². The zero-order valence-electron chi connectivity index (χ0n) is 14.4. The van der Waals surface area contributed by atoms with Gasteiger partial charge in [0.05, 0.1) is 19.6 Å². The number of ether oxygens (including phenoxy) is 1. The molecule has 6 nitrogen and oxygen atoms in total. The van der Waals surface area contributed by atoms with Crippen molar-refractivity contribution >= 4 is 5.91 Å². The van der Waals surface area contributed by atoms with Crippen molar-refractivity contribution in [1.29, 1.82) is 0 Å². The van der Waals surface area contributed by atoms with Crippen molar-refractivity contribution in [2.24, 2.45) is 0 Å². The molecule has 3 aromatic rings. The fourth-order valence-corrected chi connectivity index (χ4v) is 3.30. The molecule has 26 heavy (non-hydrogen) atoms. The molecule has 0 saturated carbocycles. The van der Waals surface area contributed by atoms with E-state index in [0.29, 0.717) is 11.7 Å². The Bertz CT molecular complexity index is 918. The number of methoxy groups -OCH3 is 1. The van der Waals surface area contributed by atoms with Crippen LogP contribution in [0.25, 0.3) is 11.5 Å². The number of rotatable bonds is 5. The molecule has 1 aliphatic rings. The van der Waals surface area contributed by atoms with E-state index in [4.69, 9.17) is 9.26 Å². The van der Waals surface area contributed by atoms with Crippen LogP contribution in [0.3, 0.4) is 0 Å². The maximum absolute atomic E-state index is 12.5. The first kappa shape index (κ1) is 16.3. The first-order valence-corrected chi connectivity index (χ1v) is 8.57. The van der Waals surface area contributed by atoms with E-state index in [2.05, 4.69) is 21.5 Å². The van der Waals surface area contributed by atoms with E-state index in [1.807, 2.05) is 42.5 Å². The van der Waals surface area contributed by atoms with Gasteiger partial charge in [0.15, 0.2) is 5.82 Å². The normalized spacial score (nSPS) is 15.5. The second-order valence-corrected chi connectivity index (χ2v) is 6.25. The summed E-state index contributed by atoms with van der Waals surface area (Å²) in [7, 11) is 1.62. The molecule has 132 valence electrons. The summed E-state index contributed by atoms with van der Waals surface area (Å²) in [5.74, 6) is 1.54. The van der Waals surface area contributed by atoms with Gasteiger partial charge in [0.1, 0.15) is 5.75 Å². The van der Waals surface area contributed by atoms with Crippen molar-refractivity contribution in [3.05, 3.63) is 65.5 Å². The average Bonchev–Trinajstić information content (AvgIpc) is 3.33. The Morgan fingerprint density at radius 3 is 2.85 bits per heavy atom. The van der Waals surface area contributed by atoms with Gasteiger partial charge >= 0.3 is 0 Å². The largest absolute Gasteiger partial charge is 0.497 e. The predicted molar refractivity (Wildman–Crippen MR) is 95.6 cm³/mol. The van der Waals surface area contributed by atoms with Gasteiger partial charge in [-0.15, -0.1) is 0 Å². The highest BCUT2D eigenvalue weighted by Crippen LogP contribution is 2.32. The number of nitrogens with one attached hydrogen (secondary N) is 1. The Balaban J connectivity index is 1.39. The van der Waals surface area contributed by atoms with Crippen LogP contribution in [-0.4, -0.2) is 23.2 Å². The minimum Gasteiger partial charge on any atom is -0.497 e. The Morgan fingerprint density at radius 1 is 1.23 bits per heavy atom. The number of aromatic nitrogens is 2. The maximum Gasteiger partial charge on any atom is 0.257 e. The molecule has 0 spiro atoms. The summed E-state index contributed by atoms with van der Waals surface area (Å²) in [6, 6.07) is 15.5. The van der Waals surface area contributed by atoms with E-state index in [1.165, 1.54) is 5.56 Å². The molecule has 0 bridgehead atoms. The van der Waals surface area contributed by atoms with Crippen molar-refractivity contribution < 1.29 is 14.1 Å². The molecule has 0 fully saturated rings. The number of aryl methyl sites for hydroxylation is 1. The number of benzene rings is 2. The highest BCUT2D eigenvalue weighted by molar-refractivity contribution is 5.84. The summed E-state index contributed by atoms with van der Waals surface area (Å²) in [6.45, 7) is 0.247. The topological polar surface area (TPSA) is 77.2 Å². The maximum atomic E-state index is 12.5. The molecule has 2 aromatic carbocycles. The van der Waals surface area contributed by atoms with Crippen molar-refractivity contribution in [3.8, 4) is 17.2 Å². The third-order valence-corrected chi connectivity index (χ3v) is 4.68. The van der Waals surface area contributed by atoms with E-state index < -0.39 is 0 Å². The van der Waals surface area contributed by atoms with Crippen molar-refractivity contribution in [3.63, 3.8) is 0 Å². The third kappa shape index (κ3) is 3.18. The minimum atomic E-state index is -0.0980. The first-order valence-electron chi connectivity index (χ1n) is 8.57. The molecule has 0 saturated heterocycles. The van der Waals surface area contributed by atoms with Crippen LogP contribution >= 0.6 is 0 Å². The standard InChI is InChI=1S/C20H19N3O3/c1-25-15-9-6-14(7-10-15)20-22-18(23-26-20)12-21-19(24)17-11-8-13-4-2-3-5-16(13)17/h2-7,9-10,17H,8,11-12H2,1H3,(H,21,24)/t17-/m0/s1. The smallest absolute Gasteiger partial charge is 0.257 e. The van der Waals surface area contributed by atoms with Gasteiger partial charge in [0.2, 0.25) is 5.91 Å². The fourth-order valence-electron chi connectivity index (χ4n) is 3.30. The van der Waals surface area contributed by atoms with Gasteiger partial charge in [-0.2, -0.15) is 4.98 Å². The fraction of sp³-hybridized carbons (Fsp3) is 0.250. The van der Waals surface area contributed by atoms with Crippen molar-refractivity contribution in [2.75, 3.05) is 7.11 Å². The number of amides is 1. The predicted octanol–water partition coefficient (Wildman–Crippen LogP) is 3.09. The second-order valence-electron chi connectivity index (χ2n) is 6.25. The van der Waals surface area contributed by atoms with E-state index in [0.717, 1.165) is 29.7 Å². The van der Waals surface area contributed by atoms with Crippen LogP contribution in [0.5, 0.6) is 5.75 Å². The number of fused-ring (bicyclic) bond motifs is 1. The Hall–Kier alpha value is -3.15. The zero-order chi connectivity index (χ0) is 17.9. The second kappa shape index (κ2) is 7.00. The van der Waals surface area contributed by atoms with E-state index in [1.54, 1.807) is 7.11 Å². The summed E-state index contributed by atoms with van der Waals surface area (Å²) in [4.78, 5) is 16.9. The van der Waals surface area contributed by atoms with Crippen LogP contribution in [0.4, 0.5) is 0 Å². The summed E-state index contributed by atoms with van der Waals surface area (Å²) in [5, 5.41) is 6.87. The molecule has 1 aliphatic carbocycles. The van der Waals surface area contributed by atoms with E-state index in [9.17, 15) is 4.79 Å². The number of nitrogens with zero attached hydrogens (tertiary/aromatic N) is 2. The Kier molecular flexibility index (Phi) is 4.39. The lowest BCUT2D eigenvalue weighted by atomic mass is 10.0. The van der Waals surface area contributed by atoms with Crippen LogP contribution in [0.1, 0.15) is 29.3 Å². The van der Waals surface area contributed by atoms with Crippen LogP contribution in [0.15, 0.2) is 53.1 Å². The molecule has 4 rings (SSSR count). The molecule has 6 heteroatoms. The first-order chi connectivity index (χ1) is 12.7. The van der Waals surface area contributed by atoms with Crippen LogP contribution in [0.2, 0.25) is 0 Å². The number of carbonyl (C=O) groups is 1. The lowest BCUT2D eigenvalue weighted by Crippen LogP contribution is -2.28. The number of hydrogen-bond acceptors (Lipinski definition) is 5. The Morgan fingerprint density at radius 2 is 2.04 bits per heavy atom. The van der Waals surface area contributed by atoms with E-state index >= 15 is 0 Å². The third-order valence-electron chi connectivity index (χ3n) is 4.68. The quantitative estimate of drug-likeness (QED) is 0.766. The average molecular weight is 349 g/mol. The molecule has 1 heterocycles. The molecule has 1 amide bonds. The van der Waals surface area contributed by atoms with Gasteiger partial charge in [0, 0.05) is 5.56 Å². The summed E-state index contributed by atoms with van der Waals surface area (Å²) in [5.41, 5.74) is 3.19. The van der Waals surface area contributed by atoms with Gasteiger partial charge in [-0.25, -0.2) is 0 Å². The van der Waals surface area contributed by atoms with Gasteiger partial charge in [-0.05, 0) is 48.2 Å². The summed E-state index contributed by atoms with van der Waals surface area (Å²) >= 11 is 0. The molecule has 0 aliphatic heterocycles. The Labute approximate surface area is 151 Å². The number of carbonyl (C=O) groups excluding carboxylic acids is 1. The van der Waals surface area contributed by atoms with Crippen LogP contribution in [0, 0.1) is 0 Å². The lowest BCUT2D eigenvalue weighted by Gasteiger charge is -2.10. The molecular formula is C20H19N3O3. The molecule has 1 aromatic heterocycles. The highest BCUT2D eigenvalue weighted by Gasteiger charge is 2.28. The molecular weight excluding hydrogens is 330 g/mol. The summed E-state index contributed by atoms with van der Waals surface area (Å²) in [6.07, 6.45) is 1.78. The molecule has 1 atom stereocenters. The summed E-state index contributed by atoms with van der Waals surface area (Å²) < 4.78 is 10.4. The highest BCUT2D eigenvalue weighted by atomic mass is 16.5. The monoisotopic (exact) mass is 349 g/mol. The molecule has 0 radical (unpaired) electrons. The molecule has 0 unspecified atom stereocenters. The van der Waals surface area contributed by atoms with Gasteiger partial charge < -0.3 is 14.6 Å².